The number of hydrogen-bond donors (Lipinski definition) is 0. The second-order valence-electron chi connectivity index (χ2n) is 7.26. The van der Waals surface area contributed by atoms with Crippen LogP contribution in [-0.4, -0.2) is 72.3 Å². The van der Waals surface area contributed by atoms with Crippen LogP contribution >= 0.6 is 15.9 Å². The van der Waals surface area contributed by atoms with Crippen molar-refractivity contribution in [3.05, 3.63) is 34.3 Å². The molecule has 0 radical (unpaired) electrons. The predicted octanol–water partition coefficient (Wildman–Crippen LogP) is 2.54. The van der Waals surface area contributed by atoms with Gasteiger partial charge in [0.15, 0.2) is 0 Å². The number of rotatable bonds is 4. The highest BCUT2D eigenvalue weighted by Gasteiger charge is 2.24. The third-order valence-electron chi connectivity index (χ3n) is 5.31. The van der Waals surface area contributed by atoms with E-state index in [0.717, 1.165) is 49.1 Å². The van der Waals surface area contributed by atoms with Crippen molar-refractivity contribution in [1.29, 1.82) is 0 Å². The van der Waals surface area contributed by atoms with Gasteiger partial charge in [0.05, 0.1) is 13.0 Å². The molecule has 2 amide bonds. The average Bonchev–Trinajstić information content (AvgIpc) is 2.94. The molecule has 0 aliphatic carbocycles. The molecule has 0 bridgehead atoms. The zero-order valence-corrected chi connectivity index (χ0v) is 16.9. The molecule has 3 rings (SSSR count). The normalized spacial score (nSPS) is 19.3. The van der Waals surface area contributed by atoms with Crippen LogP contribution in [0.1, 0.15) is 31.2 Å². The summed E-state index contributed by atoms with van der Waals surface area (Å²) >= 11 is 3.42. The standard InChI is InChI=1S/C20H28BrN3O2/c21-18-7-5-17(6-8-18)15-19(25)24-13-11-22(12-14-24)16-20(26)23-9-3-1-2-4-10-23/h5-8H,1-4,9-16H2. The van der Waals surface area contributed by atoms with Crippen molar-refractivity contribution in [3.8, 4) is 0 Å². The van der Waals surface area contributed by atoms with Crippen molar-refractivity contribution >= 4 is 27.7 Å². The molecule has 0 saturated carbocycles. The average molecular weight is 422 g/mol. The van der Waals surface area contributed by atoms with Crippen LogP contribution in [0.25, 0.3) is 0 Å². The Morgan fingerprint density at radius 1 is 0.769 bits per heavy atom. The van der Waals surface area contributed by atoms with E-state index in [9.17, 15) is 9.59 Å². The molecule has 0 aromatic heterocycles. The zero-order valence-electron chi connectivity index (χ0n) is 15.3. The molecule has 5 nitrogen and oxygen atoms in total. The van der Waals surface area contributed by atoms with Crippen LogP contribution < -0.4 is 0 Å². The number of amides is 2. The van der Waals surface area contributed by atoms with Gasteiger partial charge in [0, 0.05) is 43.7 Å². The van der Waals surface area contributed by atoms with E-state index in [2.05, 4.69) is 20.8 Å². The van der Waals surface area contributed by atoms with Crippen LogP contribution in [0.4, 0.5) is 0 Å². The number of piperazine rings is 1. The number of benzene rings is 1. The molecule has 2 saturated heterocycles. The second-order valence-corrected chi connectivity index (χ2v) is 8.17. The van der Waals surface area contributed by atoms with Crippen LogP contribution in [0.3, 0.4) is 0 Å². The predicted molar refractivity (Wildman–Crippen MR) is 106 cm³/mol. The summed E-state index contributed by atoms with van der Waals surface area (Å²) in [6.45, 7) is 5.30. The summed E-state index contributed by atoms with van der Waals surface area (Å²) in [5, 5.41) is 0. The molecule has 142 valence electrons. The highest BCUT2D eigenvalue weighted by molar-refractivity contribution is 9.10. The van der Waals surface area contributed by atoms with E-state index in [-0.39, 0.29) is 11.8 Å². The molecule has 1 aromatic rings. The lowest BCUT2D eigenvalue weighted by atomic mass is 10.1. The van der Waals surface area contributed by atoms with Crippen LogP contribution in [0.2, 0.25) is 0 Å². The van der Waals surface area contributed by atoms with Crippen LogP contribution in [-0.2, 0) is 16.0 Å². The van der Waals surface area contributed by atoms with Gasteiger partial charge in [-0.1, -0.05) is 40.9 Å². The molecule has 0 N–H and O–H groups in total. The SMILES string of the molecule is O=C(Cc1ccc(Br)cc1)N1CCN(CC(=O)N2CCCCCC2)CC1. The number of carbonyl (C=O) groups is 2. The van der Waals surface area contributed by atoms with Gasteiger partial charge in [0.25, 0.3) is 0 Å². The molecule has 2 fully saturated rings. The maximum Gasteiger partial charge on any atom is 0.236 e. The summed E-state index contributed by atoms with van der Waals surface area (Å²) < 4.78 is 1.02. The lowest BCUT2D eigenvalue weighted by Crippen LogP contribution is -2.52. The van der Waals surface area contributed by atoms with Gasteiger partial charge in [0.1, 0.15) is 0 Å². The summed E-state index contributed by atoms with van der Waals surface area (Å²) in [5.74, 6) is 0.423. The maximum atomic E-state index is 12.5. The minimum atomic E-state index is 0.172. The third kappa shape index (κ3) is 5.55. The summed E-state index contributed by atoms with van der Waals surface area (Å²) in [6.07, 6.45) is 5.18. The zero-order chi connectivity index (χ0) is 18.4. The van der Waals surface area contributed by atoms with Gasteiger partial charge in [-0.3, -0.25) is 14.5 Å². The Labute approximate surface area is 164 Å². The van der Waals surface area contributed by atoms with Gasteiger partial charge in [0.2, 0.25) is 11.8 Å². The lowest BCUT2D eigenvalue weighted by Gasteiger charge is -2.35. The van der Waals surface area contributed by atoms with E-state index >= 15 is 0 Å². The van der Waals surface area contributed by atoms with Gasteiger partial charge in [-0.2, -0.15) is 0 Å². The summed E-state index contributed by atoms with van der Waals surface area (Å²) in [6, 6.07) is 7.90. The van der Waals surface area contributed by atoms with Crippen molar-refractivity contribution in [1.82, 2.24) is 14.7 Å². The molecular formula is C20H28BrN3O2. The maximum absolute atomic E-state index is 12.5. The van der Waals surface area contributed by atoms with E-state index in [0.29, 0.717) is 26.1 Å². The Morgan fingerprint density at radius 2 is 1.35 bits per heavy atom. The van der Waals surface area contributed by atoms with E-state index in [1.54, 1.807) is 0 Å². The topological polar surface area (TPSA) is 43.9 Å². The van der Waals surface area contributed by atoms with Gasteiger partial charge < -0.3 is 9.80 Å². The summed E-state index contributed by atoms with van der Waals surface area (Å²) in [5.41, 5.74) is 1.04. The fourth-order valence-electron chi connectivity index (χ4n) is 3.66. The highest BCUT2D eigenvalue weighted by atomic mass is 79.9. The molecule has 2 aliphatic rings. The lowest BCUT2D eigenvalue weighted by molar-refractivity contribution is -0.134. The Morgan fingerprint density at radius 3 is 1.96 bits per heavy atom. The van der Waals surface area contributed by atoms with Crippen LogP contribution in [0, 0.1) is 0 Å². The smallest absolute Gasteiger partial charge is 0.236 e. The van der Waals surface area contributed by atoms with Gasteiger partial charge in [-0.15, -0.1) is 0 Å². The van der Waals surface area contributed by atoms with Crippen molar-refractivity contribution in [2.24, 2.45) is 0 Å². The Balaban J connectivity index is 1.42. The Kier molecular flexibility index (Phi) is 7.08. The quantitative estimate of drug-likeness (QED) is 0.749. The molecule has 0 spiro atoms. The minimum absolute atomic E-state index is 0.172. The fourth-order valence-corrected chi connectivity index (χ4v) is 3.92. The molecule has 2 aliphatic heterocycles. The van der Waals surface area contributed by atoms with E-state index in [4.69, 9.17) is 0 Å². The first-order valence-electron chi connectivity index (χ1n) is 9.64. The van der Waals surface area contributed by atoms with Crippen molar-refractivity contribution in [3.63, 3.8) is 0 Å². The monoisotopic (exact) mass is 421 g/mol. The fraction of sp³-hybridized carbons (Fsp3) is 0.600. The summed E-state index contributed by atoms with van der Waals surface area (Å²) in [7, 11) is 0. The van der Waals surface area contributed by atoms with Crippen molar-refractivity contribution in [2.45, 2.75) is 32.1 Å². The first-order chi connectivity index (χ1) is 12.6. The largest absolute Gasteiger partial charge is 0.342 e. The van der Waals surface area contributed by atoms with Crippen LogP contribution in [0.5, 0.6) is 0 Å². The Bertz CT molecular complexity index is 604. The van der Waals surface area contributed by atoms with Crippen molar-refractivity contribution in [2.75, 3.05) is 45.8 Å². The van der Waals surface area contributed by atoms with Gasteiger partial charge >= 0.3 is 0 Å². The molecular weight excluding hydrogens is 394 g/mol. The second kappa shape index (κ2) is 9.51. The number of carbonyl (C=O) groups excluding carboxylic acids is 2. The first-order valence-corrected chi connectivity index (χ1v) is 10.4. The molecule has 1 aromatic carbocycles. The minimum Gasteiger partial charge on any atom is -0.342 e. The number of halogens is 1. The number of hydrogen-bond acceptors (Lipinski definition) is 3. The number of nitrogens with zero attached hydrogens (tertiary/aromatic N) is 3. The molecule has 2 heterocycles. The first kappa shape index (κ1) is 19.4. The summed E-state index contributed by atoms with van der Waals surface area (Å²) in [4.78, 5) is 31.1. The molecule has 26 heavy (non-hydrogen) atoms. The molecule has 6 heteroatoms. The highest BCUT2D eigenvalue weighted by Crippen LogP contribution is 2.13. The molecule has 0 unspecified atom stereocenters. The van der Waals surface area contributed by atoms with Gasteiger partial charge in [-0.25, -0.2) is 0 Å². The number of likely N-dealkylation sites (tertiary alicyclic amines) is 1. The van der Waals surface area contributed by atoms with E-state index < -0.39 is 0 Å². The third-order valence-corrected chi connectivity index (χ3v) is 5.84. The van der Waals surface area contributed by atoms with Crippen LogP contribution in [0.15, 0.2) is 28.7 Å². The van der Waals surface area contributed by atoms with E-state index in [1.807, 2.05) is 34.1 Å². The van der Waals surface area contributed by atoms with E-state index in [1.165, 1.54) is 12.8 Å². The van der Waals surface area contributed by atoms with Crippen molar-refractivity contribution < 1.29 is 9.59 Å². The Hall–Kier alpha value is -1.40. The molecule has 0 atom stereocenters. The van der Waals surface area contributed by atoms with Gasteiger partial charge in [-0.05, 0) is 30.5 Å².